The smallest absolute Gasteiger partial charge is 0.404 e. The highest BCUT2D eigenvalue weighted by Crippen LogP contribution is 2.37. The highest BCUT2D eigenvalue weighted by Gasteiger charge is 2.40. The minimum Gasteiger partial charge on any atom is -0.465 e. The number of hydrogen-bond donors (Lipinski definition) is 3. The van der Waals surface area contributed by atoms with Crippen LogP contribution in [0.3, 0.4) is 0 Å². The third-order valence-electron chi connectivity index (χ3n) is 4.20. The average Bonchev–Trinajstić information content (AvgIpc) is 2.31. The van der Waals surface area contributed by atoms with Gasteiger partial charge in [-0.2, -0.15) is 0 Å². The molecule has 5 nitrogen and oxygen atoms in total. The predicted octanol–water partition coefficient (Wildman–Crippen LogP) is 3.83. The molecule has 7 heteroatoms. The van der Waals surface area contributed by atoms with Crippen molar-refractivity contribution < 1.29 is 19.4 Å². The van der Waals surface area contributed by atoms with Crippen LogP contribution < -0.4 is 5.32 Å². The number of rotatable bonds is 8. The maximum absolute atomic E-state index is 11.1. The summed E-state index contributed by atoms with van der Waals surface area (Å²) < 4.78 is 6.24. The van der Waals surface area contributed by atoms with Gasteiger partial charge in [0.1, 0.15) is 0 Å². The van der Waals surface area contributed by atoms with Crippen molar-refractivity contribution in [1.29, 1.82) is 0 Å². The van der Waals surface area contributed by atoms with E-state index in [4.69, 9.17) is 9.53 Å². The highest BCUT2D eigenvalue weighted by atomic mass is 28.4. The predicted molar refractivity (Wildman–Crippen MR) is 101 cm³/mol. The molecule has 1 amide bonds. The van der Waals surface area contributed by atoms with E-state index in [1.165, 1.54) is 0 Å². The lowest BCUT2D eigenvalue weighted by molar-refractivity contribution is 0.0709. The Kier molecular flexibility index (Phi) is 8.22. The molecule has 0 saturated heterocycles. The molecule has 0 aromatic carbocycles. The van der Waals surface area contributed by atoms with E-state index in [9.17, 15) is 9.90 Å². The summed E-state index contributed by atoms with van der Waals surface area (Å²) in [5.41, 5.74) is 2.18. The molecule has 23 heavy (non-hydrogen) atoms. The zero-order valence-electron chi connectivity index (χ0n) is 15.9. The molecule has 2 atom stereocenters. The fourth-order valence-electron chi connectivity index (χ4n) is 1.83. The van der Waals surface area contributed by atoms with Gasteiger partial charge in [0, 0.05) is 0 Å². The van der Waals surface area contributed by atoms with E-state index in [2.05, 4.69) is 64.5 Å². The summed E-state index contributed by atoms with van der Waals surface area (Å²) in [5, 5.41) is 21.4. The minimum absolute atomic E-state index is 0.00234. The molecule has 0 aliphatic rings. The fraction of sp³-hybridized carbons (Fsp3) is 0.812. The molecule has 0 aliphatic carbocycles. The molecule has 0 radical (unpaired) electrons. The van der Waals surface area contributed by atoms with Gasteiger partial charge in [-0.05, 0) is 24.6 Å². The van der Waals surface area contributed by atoms with Crippen molar-refractivity contribution in [2.75, 3.05) is 6.61 Å². The molecule has 0 spiro atoms. The quantitative estimate of drug-likeness (QED) is 0.574. The van der Waals surface area contributed by atoms with Crippen LogP contribution in [0.2, 0.25) is 37.8 Å². The van der Waals surface area contributed by atoms with Crippen LogP contribution in [0.5, 0.6) is 0 Å². The Labute approximate surface area is 143 Å². The number of aliphatic hydroxyl groups excluding tert-OH is 1. The first-order valence-electron chi connectivity index (χ1n) is 8.15. The summed E-state index contributed by atoms with van der Waals surface area (Å²) in [6, 6.07) is -0.445. The summed E-state index contributed by atoms with van der Waals surface area (Å²) in [5.74, 6) is 0. The Bertz CT molecular complexity index is 411. The molecule has 3 N–H and O–H groups in total. The summed E-state index contributed by atoms with van der Waals surface area (Å²) in [6.45, 7) is 17.0. The molecular weight excluding hydrogens is 326 g/mol. The van der Waals surface area contributed by atoms with E-state index in [0.29, 0.717) is 6.42 Å². The summed E-state index contributed by atoms with van der Waals surface area (Å²) in [4.78, 5) is 11.1. The summed E-state index contributed by atoms with van der Waals surface area (Å²) >= 11 is 0. The van der Waals surface area contributed by atoms with Crippen molar-refractivity contribution in [2.45, 2.75) is 77.1 Å². The topological polar surface area (TPSA) is 78.8 Å². The van der Waals surface area contributed by atoms with Crippen molar-refractivity contribution in [2.24, 2.45) is 0 Å². The number of carboxylic acid groups (broad SMARTS) is 1. The lowest BCUT2D eigenvalue weighted by Gasteiger charge is -2.40. The molecule has 0 aromatic heterocycles. The Morgan fingerprint density at radius 3 is 2.09 bits per heavy atom. The third kappa shape index (κ3) is 8.69. The van der Waals surface area contributed by atoms with Crippen LogP contribution in [0, 0.1) is 0 Å². The van der Waals surface area contributed by atoms with Gasteiger partial charge in [-0.15, -0.1) is 0 Å². The molecule has 0 unspecified atom stereocenters. The van der Waals surface area contributed by atoms with E-state index in [1.54, 1.807) is 0 Å². The molecule has 0 rings (SSSR count). The standard InChI is InChI=1S/C16H35NO4Si2/c1-16(2,3)23(7,8)21-14(12-18)13(17-15(19)20)10-9-11-22(4,5)6/h9,11,13-14,17-18H,10,12H2,1-8H3,(H,19,20)/b11-9+/t13-,14+/m0/s1. The van der Waals surface area contributed by atoms with Gasteiger partial charge in [0.05, 0.1) is 26.8 Å². The van der Waals surface area contributed by atoms with E-state index in [-0.39, 0.29) is 11.6 Å². The van der Waals surface area contributed by atoms with Crippen LogP contribution in [0.15, 0.2) is 11.8 Å². The second-order valence-corrected chi connectivity index (χ2v) is 18.5. The SMILES string of the molecule is CC(C)(C)[Si](C)(C)O[C@H](CO)[C@H](C/C=C/[Si](C)(C)C)NC(=O)O. The second kappa shape index (κ2) is 8.46. The van der Waals surface area contributed by atoms with Gasteiger partial charge >= 0.3 is 6.09 Å². The van der Waals surface area contributed by atoms with Gasteiger partial charge in [-0.25, -0.2) is 4.79 Å². The zero-order valence-corrected chi connectivity index (χ0v) is 17.9. The molecule has 0 aromatic rings. The third-order valence-corrected chi connectivity index (χ3v) is 9.94. The largest absolute Gasteiger partial charge is 0.465 e. The van der Waals surface area contributed by atoms with Crippen molar-refractivity contribution in [3.63, 3.8) is 0 Å². The summed E-state index contributed by atoms with van der Waals surface area (Å²) in [7, 11) is -3.42. The molecule has 0 bridgehead atoms. The van der Waals surface area contributed by atoms with Crippen LogP contribution in [-0.4, -0.2) is 51.5 Å². The zero-order chi connectivity index (χ0) is 18.5. The first-order chi connectivity index (χ1) is 10.2. The van der Waals surface area contributed by atoms with Crippen LogP contribution >= 0.6 is 0 Å². The van der Waals surface area contributed by atoms with Crippen molar-refractivity contribution >= 4 is 22.5 Å². The number of hydrogen-bond acceptors (Lipinski definition) is 3. The number of amides is 1. The maximum atomic E-state index is 11.1. The normalized spacial score (nSPS) is 16.4. The Hall–Kier alpha value is -0.636. The Balaban J connectivity index is 5.17. The second-order valence-electron chi connectivity index (χ2n) is 8.66. The first kappa shape index (κ1) is 22.4. The van der Waals surface area contributed by atoms with E-state index in [1.807, 2.05) is 6.08 Å². The lowest BCUT2D eigenvalue weighted by atomic mass is 10.1. The minimum atomic E-state index is -2.09. The van der Waals surface area contributed by atoms with E-state index in [0.717, 1.165) is 0 Å². The molecule has 0 heterocycles. The van der Waals surface area contributed by atoms with Gasteiger partial charge < -0.3 is 20.0 Å². The molecule has 0 fully saturated rings. The Morgan fingerprint density at radius 1 is 1.22 bits per heavy atom. The molecule has 136 valence electrons. The van der Waals surface area contributed by atoms with Gasteiger partial charge in [0.2, 0.25) is 0 Å². The van der Waals surface area contributed by atoms with Crippen LogP contribution in [0.25, 0.3) is 0 Å². The average molecular weight is 362 g/mol. The first-order valence-corrected chi connectivity index (χ1v) is 14.6. The van der Waals surface area contributed by atoms with Crippen LogP contribution in [0.4, 0.5) is 4.79 Å². The van der Waals surface area contributed by atoms with E-state index < -0.39 is 34.6 Å². The van der Waals surface area contributed by atoms with Crippen molar-refractivity contribution in [1.82, 2.24) is 5.32 Å². The van der Waals surface area contributed by atoms with Crippen LogP contribution in [0.1, 0.15) is 27.2 Å². The number of nitrogens with one attached hydrogen (secondary N) is 1. The number of aliphatic hydroxyl groups is 1. The monoisotopic (exact) mass is 361 g/mol. The van der Waals surface area contributed by atoms with Crippen molar-refractivity contribution in [3.05, 3.63) is 11.8 Å². The van der Waals surface area contributed by atoms with Gasteiger partial charge in [-0.3, -0.25) is 0 Å². The van der Waals surface area contributed by atoms with E-state index >= 15 is 0 Å². The number of carbonyl (C=O) groups is 1. The van der Waals surface area contributed by atoms with Gasteiger partial charge in [-0.1, -0.05) is 52.2 Å². The highest BCUT2D eigenvalue weighted by molar-refractivity contribution is 6.80. The summed E-state index contributed by atoms with van der Waals surface area (Å²) in [6.07, 6.45) is 0.924. The Morgan fingerprint density at radius 2 is 1.74 bits per heavy atom. The molecule has 0 aliphatic heterocycles. The van der Waals surface area contributed by atoms with Gasteiger partial charge in [0.15, 0.2) is 8.32 Å². The lowest BCUT2D eigenvalue weighted by Crippen LogP contribution is -2.52. The maximum Gasteiger partial charge on any atom is 0.404 e. The van der Waals surface area contributed by atoms with Crippen LogP contribution in [-0.2, 0) is 4.43 Å². The van der Waals surface area contributed by atoms with Crippen molar-refractivity contribution in [3.8, 4) is 0 Å². The van der Waals surface area contributed by atoms with Gasteiger partial charge in [0.25, 0.3) is 0 Å². The fourth-order valence-corrected chi connectivity index (χ4v) is 4.02. The molecular formula is C16H35NO4Si2. The molecule has 0 saturated carbocycles.